The molecule has 2 aromatic rings. The van der Waals surface area contributed by atoms with Crippen molar-refractivity contribution in [3.05, 3.63) is 65.5 Å². The summed E-state index contributed by atoms with van der Waals surface area (Å²) < 4.78 is 22.6. The van der Waals surface area contributed by atoms with E-state index in [9.17, 15) is 0 Å². The first kappa shape index (κ1) is 26.4. The lowest BCUT2D eigenvalue weighted by Crippen LogP contribution is -2.29. The SMILES string of the molecule is CCN(CC)c1ccc2c(-c3ccc(C)cc3OC)c3ccc(=[N+](CC)CC)cc-3oc2c1.O=S. The molecular weight excluding hydrogens is 456 g/mol. The fourth-order valence-corrected chi connectivity index (χ4v) is 4.73. The van der Waals surface area contributed by atoms with Crippen molar-refractivity contribution in [1.29, 1.82) is 0 Å². The van der Waals surface area contributed by atoms with E-state index < -0.39 is 0 Å². The summed E-state index contributed by atoms with van der Waals surface area (Å²) in [7, 11) is 1.74. The molecule has 2 aromatic carbocycles. The fourth-order valence-electron chi connectivity index (χ4n) is 4.73. The zero-order valence-corrected chi connectivity index (χ0v) is 22.4. The lowest BCUT2D eigenvalue weighted by Gasteiger charge is -2.22. The Bertz CT molecular complexity index is 1340. The second kappa shape index (κ2) is 11.9. The Kier molecular flexibility index (Phi) is 8.99. The molecule has 0 aromatic heterocycles. The van der Waals surface area contributed by atoms with Crippen LogP contribution in [0.25, 0.3) is 33.4 Å². The molecule has 0 saturated carbocycles. The highest BCUT2D eigenvalue weighted by Gasteiger charge is 2.21. The maximum Gasteiger partial charge on any atom is 0.203 e. The Morgan fingerprint density at radius 3 is 2.20 bits per heavy atom. The van der Waals surface area contributed by atoms with Gasteiger partial charge in [-0.1, -0.05) is 12.1 Å². The quantitative estimate of drug-likeness (QED) is 0.240. The molecule has 0 fully saturated rings. The molecule has 0 spiro atoms. The van der Waals surface area contributed by atoms with Gasteiger partial charge in [0.05, 0.1) is 13.2 Å². The summed E-state index contributed by atoms with van der Waals surface area (Å²) in [5.41, 5.74) is 6.58. The van der Waals surface area contributed by atoms with Crippen molar-refractivity contribution in [1.82, 2.24) is 4.58 Å². The third-order valence-electron chi connectivity index (χ3n) is 6.57. The summed E-state index contributed by atoms with van der Waals surface area (Å²) in [5.74, 6) is 1.77. The molecule has 1 aliphatic carbocycles. The molecule has 6 heteroatoms. The van der Waals surface area contributed by atoms with E-state index in [0.717, 1.165) is 65.3 Å². The van der Waals surface area contributed by atoms with Crippen LogP contribution in [0.1, 0.15) is 33.3 Å². The molecule has 4 rings (SSSR count). The van der Waals surface area contributed by atoms with Crippen LogP contribution < -0.4 is 19.6 Å². The third kappa shape index (κ3) is 5.22. The van der Waals surface area contributed by atoms with Crippen LogP contribution in [0.4, 0.5) is 5.69 Å². The minimum atomic E-state index is 0.879. The standard InChI is InChI=1S/C29H35N2O2.OS/c1-7-30(8-2)21-12-15-24-27(18-21)33-28-19-22(31(9-3)10-4)13-16-25(28)29(24)23-14-11-20(5)17-26(23)32-6;1-2/h11-19H,7-10H2,1-6H3;/q+1;. The van der Waals surface area contributed by atoms with Crippen molar-refractivity contribution < 1.29 is 13.4 Å². The number of fused-ring (bicyclic) bond motifs is 2. The molecule has 0 radical (unpaired) electrons. The minimum Gasteiger partial charge on any atom is -0.496 e. The zero-order valence-electron chi connectivity index (χ0n) is 21.6. The van der Waals surface area contributed by atoms with Crippen molar-refractivity contribution in [3.63, 3.8) is 0 Å². The lowest BCUT2D eigenvalue weighted by molar-refractivity contribution is 0.416. The third-order valence-corrected chi connectivity index (χ3v) is 6.57. The average Bonchev–Trinajstić information content (AvgIpc) is 2.90. The second-order valence-electron chi connectivity index (χ2n) is 8.39. The van der Waals surface area contributed by atoms with Gasteiger partial charge in [-0.15, -0.1) is 0 Å². The number of benzene rings is 3. The first-order chi connectivity index (χ1) is 17.0. The smallest absolute Gasteiger partial charge is 0.203 e. The van der Waals surface area contributed by atoms with Gasteiger partial charge >= 0.3 is 0 Å². The highest BCUT2D eigenvalue weighted by molar-refractivity contribution is 7.44. The van der Waals surface area contributed by atoms with E-state index >= 15 is 0 Å². The summed E-state index contributed by atoms with van der Waals surface area (Å²) in [6.07, 6.45) is 0. The van der Waals surface area contributed by atoms with Gasteiger partial charge in [0.15, 0.2) is 12.5 Å². The van der Waals surface area contributed by atoms with Crippen LogP contribution >= 0.6 is 0 Å². The molecule has 184 valence electrons. The van der Waals surface area contributed by atoms with Gasteiger partial charge in [0.1, 0.15) is 30.2 Å². The molecule has 2 aliphatic rings. The molecule has 0 N–H and O–H groups in total. The Labute approximate surface area is 213 Å². The number of hydrogen-bond donors (Lipinski definition) is 0. The van der Waals surface area contributed by atoms with Crippen LogP contribution in [0.5, 0.6) is 5.75 Å². The first-order valence-corrected chi connectivity index (χ1v) is 12.5. The molecule has 5 nitrogen and oxygen atoms in total. The summed E-state index contributed by atoms with van der Waals surface area (Å²) >= 11 is 2.83. The predicted octanol–water partition coefficient (Wildman–Crippen LogP) is 5.84. The topological polar surface area (TPSA) is 45.7 Å². The van der Waals surface area contributed by atoms with E-state index in [1.165, 1.54) is 16.6 Å². The van der Waals surface area contributed by atoms with Crippen LogP contribution in [0.2, 0.25) is 0 Å². The molecule has 0 atom stereocenters. The van der Waals surface area contributed by atoms with Gasteiger partial charge < -0.3 is 14.1 Å². The van der Waals surface area contributed by atoms with E-state index in [4.69, 9.17) is 13.4 Å². The van der Waals surface area contributed by atoms with Gasteiger partial charge in [-0.3, -0.25) is 0 Å². The summed E-state index contributed by atoms with van der Waals surface area (Å²) in [5, 5.41) is 2.27. The number of anilines is 1. The highest BCUT2D eigenvalue weighted by atomic mass is 32.1. The zero-order chi connectivity index (χ0) is 25.5. The predicted molar refractivity (Wildman–Crippen MR) is 148 cm³/mol. The minimum absolute atomic E-state index is 0.879. The van der Waals surface area contributed by atoms with Gasteiger partial charge in [0, 0.05) is 53.0 Å². The normalized spacial score (nSPS) is 10.7. The maximum absolute atomic E-state index is 7.83. The number of hydrogen-bond acceptors (Lipinski definition) is 5. The Hall–Kier alpha value is -3.25. The van der Waals surface area contributed by atoms with Crippen LogP contribution in [0.15, 0.2) is 59.0 Å². The second-order valence-corrected chi connectivity index (χ2v) is 8.39. The highest BCUT2D eigenvalue weighted by Crippen LogP contribution is 2.44. The molecule has 0 saturated heterocycles. The van der Waals surface area contributed by atoms with E-state index in [1.807, 2.05) is 0 Å². The van der Waals surface area contributed by atoms with Gasteiger partial charge in [-0.05, 0) is 64.4 Å². The van der Waals surface area contributed by atoms with Gasteiger partial charge in [0.2, 0.25) is 5.36 Å². The Morgan fingerprint density at radius 1 is 0.886 bits per heavy atom. The van der Waals surface area contributed by atoms with E-state index in [1.54, 1.807) is 7.11 Å². The molecule has 1 aliphatic heterocycles. The van der Waals surface area contributed by atoms with Crippen molar-refractivity contribution in [2.24, 2.45) is 0 Å². The Morgan fingerprint density at radius 2 is 1.57 bits per heavy atom. The molecular formula is C29H35N2O3S+. The molecule has 1 heterocycles. The van der Waals surface area contributed by atoms with Gasteiger partial charge in [0.25, 0.3) is 0 Å². The summed E-state index contributed by atoms with van der Waals surface area (Å²) in [6.45, 7) is 14.7. The first-order valence-electron chi connectivity index (χ1n) is 12.2. The maximum atomic E-state index is 7.83. The number of aryl methyl sites for hydroxylation is 1. The van der Waals surface area contributed by atoms with Crippen LogP contribution in [0.3, 0.4) is 0 Å². The number of rotatable bonds is 7. The molecule has 0 bridgehead atoms. The summed E-state index contributed by atoms with van der Waals surface area (Å²) in [4.78, 5) is 2.34. The average molecular weight is 492 g/mol. The van der Waals surface area contributed by atoms with Crippen LogP contribution in [-0.4, -0.2) is 37.5 Å². The summed E-state index contributed by atoms with van der Waals surface area (Å²) in [6, 6.07) is 19.6. The van der Waals surface area contributed by atoms with Gasteiger partial charge in [-0.2, -0.15) is 4.21 Å². The van der Waals surface area contributed by atoms with Crippen LogP contribution in [-0.2, 0) is 12.5 Å². The van der Waals surface area contributed by atoms with Gasteiger partial charge in [-0.25, -0.2) is 4.58 Å². The van der Waals surface area contributed by atoms with E-state index in [2.05, 4.69) is 111 Å². The number of ether oxygens (including phenoxy) is 1. The fraction of sp³-hybridized carbons (Fsp3) is 0.345. The van der Waals surface area contributed by atoms with Crippen molar-refractivity contribution >= 4 is 29.2 Å². The van der Waals surface area contributed by atoms with Crippen molar-refractivity contribution in [2.45, 2.75) is 34.6 Å². The van der Waals surface area contributed by atoms with Crippen molar-refractivity contribution in [2.75, 3.05) is 38.2 Å². The molecule has 35 heavy (non-hydrogen) atoms. The van der Waals surface area contributed by atoms with Crippen LogP contribution in [0, 0.1) is 6.92 Å². The molecule has 0 unspecified atom stereocenters. The Balaban J connectivity index is 0.00000167. The van der Waals surface area contributed by atoms with E-state index in [0.29, 0.717) is 0 Å². The van der Waals surface area contributed by atoms with Crippen molar-refractivity contribution in [3.8, 4) is 28.2 Å². The molecule has 0 amide bonds. The number of methoxy groups -OCH3 is 1. The monoisotopic (exact) mass is 491 g/mol. The largest absolute Gasteiger partial charge is 0.496 e. The number of nitrogens with zero attached hydrogens (tertiary/aromatic N) is 2. The van der Waals surface area contributed by atoms with E-state index in [-0.39, 0.29) is 0 Å². The lowest BCUT2D eigenvalue weighted by atomic mass is 9.92.